The second-order valence-corrected chi connectivity index (χ2v) is 3.45. The summed E-state index contributed by atoms with van der Waals surface area (Å²) >= 11 is 4.99. The fraction of sp³-hybridized carbons (Fsp3) is 0.167. The van der Waals surface area contributed by atoms with Crippen LogP contribution in [0.2, 0.25) is 0 Å². The molecule has 0 unspecified atom stereocenters. The molecule has 0 saturated heterocycles. The first-order valence-corrected chi connectivity index (χ1v) is 4.71. The summed E-state index contributed by atoms with van der Waals surface area (Å²) in [7, 11) is 0. The van der Waals surface area contributed by atoms with E-state index in [4.69, 9.17) is 5.73 Å². The lowest BCUT2D eigenvalue weighted by molar-refractivity contribution is 1.24. The second kappa shape index (κ2) is 3.25. The highest BCUT2D eigenvalue weighted by Crippen LogP contribution is 2.25. The largest absolute Gasteiger partial charge is 0.384 e. The Kier molecular flexibility index (Phi) is 2.56. The molecule has 0 radical (unpaired) electrons. The van der Waals surface area contributed by atoms with Crippen molar-refractivity contribution in [3.8, 4) is 0 Å². The molecule has 1 aromatic heterocycles. The SMILES string of the molecule is CSc1cc(N)ncc1Br. The molecule has 4 heteroatoms. The minimum Gasteiger partial charge on any atom is -0.384 e. The van der Waals surface area contributed by atoms with Gasteiger partial charge in [-0.15, -0.1) is 11.8 Å². The van der Waals surface area contributed by atoms with Crippen LogP contribution < -0.4 is 5.73 Å². The molecule has 0 amide bonds. The molecule has 0 saturated carbocycles. The van der Waals surface area contributed by atoms with Gasteiger partial charge in [0.2, 0.25) is 0 Å². The maximum atomic E-state index is 5.46. The Hall–Kier alpha value is -0.220. The van der Waals surface area contributed by atoms with E-state index in [9.17, 15) is 0 Å². The van der Waals surface area contributed by atoms with E-state index in [1.54, 1.807) is 18.0 Å². The summed E-state index contributed by atoms with van der Waals surface area (Å²) in [5.41, 5.74) is 5.46. The van der Waals surface area contributed by atoms with Crippen LogP contribution in [0.4, 0.5) is 5.82 Å². The number of hydrogen-bond acceptors (Lipinski definition) is 3. The quantitative estimate of drug-likeness (QED) is 0.735. The highest BCUT2D eigenvalue weighted by Gasteiger charge is 1.97. The Morgan fingerprint density at radius 2 is 2.40 bits per heavy atom. The van der Waals surface area contributed by atoms with Gasteiger partial charge in [-0.05, 0) is 28.3 Å². The molecule has 0 aliphatic rings. The maximum absolute atomic E-state index is 5.46. The Morgan fingerprint density at radius 1 is 1.70 bits per heavy atom. The average Bonchev–Trinajstić information content (AvgIpc) is 1.94. The zero-order valence-corrected chi connectivity index (χ0v) is 7.87. The van der Waals surface area contributed by atoms with E-state index in [1.807, 2.05) is 12.3 Å². The number of pyridine rings is 1. The van der Waals surface area contributed by atoms with Crippen LogP contribution in [-0.2, 0) is 0 Å². The highest BCUT2D eigenvalue weighted by atomic mass is 79.9. The number of nitrogen functional groups attached to an aromatic ring is 1. The number of thioether (sulfide) groups is 1. The first-order chi connectivity index (χ1) is 4.74. The zero-order chi connectivity index (χ0) is 7.56. The van der Waals surface area contributed by atoms with Gasteiger partial charge < -0.3 is 5.73 Å². The van der Waals surface area contributed by atoms with Gasteiger partial charge in [0.15, 0.2) is 0 Å². The summed E-state index contributed by atoms with van der Waals surface area (Å²) in [6.07, 6.45) is 3.71. The zero-order valence-electron chi connectivity index (χ0n) is 5.47. The van der Waals surface area contributed by atoms with E-state index < -0.39 is 0 Å². The van der Waals surface area contributed by atoms with Crippen LogP contribution in [0.3, 0.4) is 0 Å². The van der Waals surface area contributed by atoms with E-state index in [2.05, 4.69) is 20.9 Å². The van der Waals surface area contributed by atoms with Gasteiger partial charge in [-0.2, -0.15) is 0 Å². The molecule has 2 N–H and O–H groups in total. The molecule has 2 nitrogen and oxygen atoms in total. The maximum Gasteiger partial charge on any atom is 0.124 e. The van der Waals surface area contributed by atoms with Crippen molar-refractivity contribution < 1.29 is 0 Å². The van der Waals surface area contributed by atoms with Crippen molar-refractivity contribution in [1.82, 2.24) is 4.98 Å². The van der Waals surface area contributed by atoms with E-state index in [0.29, 0.717) is 5.82 Å². The highest BCUT2D eigenvalue weighted by molar-refractivity contribution is 9.10. The van der Waals surface area contributed by atoms with E-state index in [0.717, 1.165) is 9.37 Å². The lowest BCUT2D eigenvalue weighted by Gasteiger charge is -1.99. The molecule has 0 atom stereocenters. The third kappa shape index (κ3) is 1.64. The summed E-state index contributed by atoms with van der Waals surface area (Å²) < 4.78 is 0.995. The Bertz CT molecular complexity index is 239. The van der Waals surface area contributed by atoms with Gasteiger partial charge in [0, 0.05) is 15.6 Å². The Balaban J connectivity index is 3.09. The van der Waals surface area contributed by atoms with E-state index in [-0.39, 0.29) is 0 Å². The molecular weight excluding hydrogens is 212 g/mol. The van der Waals surface area contributed by atoms with Crippen LogP contribution in [0, 0.1) is 0 Å². The summed E-state index contributed by atoms with van der Waals surface area (Å²) in [4.78, 5) is 5.02. The average molecular weight is 219 g/mol. The molecule has 0 aliphatic carbocycles. The molecule has 1 rings (SSSR count). The summed E-state index contributed by atoms with van der Waals surface area (Å²) in [5.74, 6) is 0.563. The number of hydrogen-bond donors (Lipinski definition) is 1. The van der Waals surface area contributed by atoms with Crippen LogP contribution in [0.15, 0.2) is 21.6 Å². The van der Waals surface area contributed by atoms with E-state index in [1.165, 1.54) is 0 Å². The molecule has 0 aromatic carbocycles. The van der Waals surface area contributed by atoms with Crippen LogP contribution in [0.25, 0.3) is 0 Å². The molecule has 1 heterocycles. The second-order valence-electron chi connectivity index (χ2n) is 1.74. The molecule has 0 aliphatic heterocycles. The van der Waals surface area contributed by atoms with Crippen molar-refractivity contribution in [3.05, 3.63) is 16.7 Å². The number of anilines is 1. The molecule has 10 heavy (non-hydrogen) atoms. The third-order valence-corrected chi connectivity index (χ3v) is 2.73. The fourth-order valence-electron chi connectivity index (χ4n) is 0.592. The van der Waals surface area contributed by atoms with Gasteiger partial charge in [-0.1, -0.05) is 0 Å². The van der Waals surface area contributed by atoms with Gasteiger partial charge in [0.05, 0.1) is 0 Å². The predicted molar refractivity (Wildman–Crippen MR) is 48.1 cm³/mol. The fourth-order valence-corrected chi connectivity index (χ4v) is 1.78. The van der Waals surface area contributed by atoms with Gasteiger partial charge >= 0.3 is 0 Å². The van der Waals surface area contributed by atoms with Gasteiger partial charge in [-0.25, -0.2) is 4.98 Å². The number of nitrogens with two attached hydrogens (primary N) is 1. The first-order valence-electron chi connectivity index (χ1n) is 2.69. The van der Waals surface area contributed by atoms with Crippen LogP contribution in [0.5, 0.6) is 0 Å². The van der Waals surface area contributed by atoms with Gasteiger partial charge in [-0.3, -0.25) is 0 Å². The van der Waals surface area contributed by atoms with Crippen LogP contribution in [-0.4, -0.2) is 11.2 Å². The summed E-state index contributed by atoms with van der Waals surface area (Å²) in [5, 5.41) is 0. The standard InChI is InChI=1S/C6H7BrN2S/c1-10-5-2-6(8)9-3-4(5)7/h2-3H,1H3,(H2,8,9). The number of halogens is 1. The molecule has 0 bridgehead atoms. The van der Waals surface area contributed by atoms with E-state index >= 15 is 0 Å². The van der Waals surface area contributed by atoms with Crippen molar-refractivity contribution in [1.29, 1.82) is 0 Å². The predicted octanol–water partition coefficient (Wildman–Crippen LogP) is 2.15. The molecule has 0 fully saturated rings. The number of nitrogens with zero attached hydrogens (tertiary/aromatic N) is 1. The van der Waals surface area contributed by atoms with Crippen LogP contribution >= 0.6 is 27.7 Å². The molecule has 54 valence electrons. The van der Waals surface area contributed by atoms with Crippen molar-refractivity contribution in [2.24, 2.45) is 0 Å². The lowest BCUT2D eigenvalue weighted by atomic mass is 10.5. The minimum atomic E-state index is 0.563. The van der Waals surface area contributed by atoms with Crippen molar-refractivity contribution >= 4 is 33.5 Å². The normalized spacial score (nSPS) is 9.80. The summed E-state index contributed by atoms with van der Waals surface area (Å²) in [6.45, 7) is 0. The monoisotopic (exact) mass is 218 g/mol. The topological polar surface area (TPSA) is 38.9 Å². The Morgan fingerprint density at radius 3 is 2.90 bits per heavy atom. The van der Waals surface area contributed by atoms with Crippen molar-refractivity contribution in [3.63, 3.8) is 0 Å². The summed E-state index contributed by atoms with van der Waals surface area (Å²) in [6, 6.07) is 1.84. The lowest BCUT2D eigenvalue weighted by Crippen LogP contribution is -1.89. The van der Waals surface area contributed by atoms with Crippen molar-refractivity contribution in [2.45, 2.75) is 4.90 Å². The number of rotatable bonds is 1. The minimum absolute atomic E-state index is 0.563. The number of aromatic nitrogens is 1. The molecular formula is C6H7BrN2S. The first kappa shape index (κ1) is 7.88. The van der Waals surface area contributed by atoms with Crippen molar-refractivity contribution in [2.75, 3.05) is 12.0 Å². The molecule has 1 aromatic rings. The Labute approximate surface area is 72.3 Å². The smallest absolute Gasteiger partial charge is 0.124 e. The van der Waals surface area contributed by atoms with Crippen LogP contribution in [0.1, 0.15) is 0 Å². The van der Waals surface area contributed by atoms with Gasteiger partial charge in [0.25, 0.3) is 0 Å². The van der Waals surface area contributed by atoms with Gasteiger partial charge in [0.1, 0.15) is 5.82 Å². The molecule has 0 spiro atoms. The third-order valence-electron chi connectivity index (χ3n) is 1.06.